The SMILES string of the molecule is CSCCC(N)C(=O)NC(Cc1ccc(O)cc1)C(=O)NC(CCSC)C(=O)NC(CC(C)C)C(=O)O. The molecule has 0 aliphatic carbocycles. The molecule has 12 heteroatoms. The van der Waals surface area contributed by atoms with Gasteiger partial charge >= 0.3 is 5.97 Å². The Bertz CT molecular complexity index is 884. The average Bonchev–Trinajstić information content (AvgIpc) is 2.84. The number of carbonyl (C=O) groups is 4. The third-order valence-electron chi connectivity index (χ3n) is 5.54. The lowest BCUT2D eigenvalue weighted by Gasteiger charge is -2.25. The summed E-state index contributed by atoms with van der Waals surface area (Å²) in [5, 5.41) is 27.0. The lowest BCUT2D eigenvalue weighted by Crippen LogP contribution is -2.57. The van der Waals surface area contributed by atoms with Crippen molar-refractivity contribution in [1.82, 2.24) is 16.0 Å². The van der Waals surface area contributed by atoms with Gasteiger partial charge in [0.15, 0.2) is 0 Å². The number of hydrogen-bond acceptors (Lipinski definition) is 8. The first-order chi connectivity index (χ1) is 17.5. The molecule has 0 heterocycles. The van der Waals surface area contributed by atoms with Gasteiger partial charge in [0.05, 0.1) is 6.04 Å². The molecule has 1 aromatic rings. The number of phenols is 1. The number of carbonyl (C=O) groups excluding carboxylic acids is 3. The molecule has 37 heavy (non-hydrogen) atoms. The Hall–Kier alpha value is -2.44. The molecule has 7 N–H and O–H groups in total. The summed E-state index contributed by atoms with van der Waals surface area (Å²) in [6.07, 6.45) is 4.83. The van der Waals surface area contributed by atoms with E-state index >= 15 is 0 Å². The highest BCUT2D eigenvalue weighted by Gasteiger charge is 2.30. The summed E-state index contributed by atoms with van der Waals surface area (Å²) in [4.78, 5) is 50.7. The molecular weight excluding hydrogens is 516 g/mol. The van der Waals surface area contributed by atoms with Gasteiger partial charge in [0.2, 0.25) is 17.7 Å². The molecule has 10 nitrogen and oxygen atoms in total. The Kier molecular flexibility index (Phi) is 15.1. The van der Waals surface area contributed by atoms with Crippen LogP contribution in [0.4, 0.5) is 0 Å². The van der Waals surface area contributed by atoms with Crippen molar-refractivity contribution in [2.75, 3.05) is 24.0 Å². The van der Waals surface area contributed by atoms with Crippen molar-refractivity contribution < 1.29 is 29.4 Å². The number of thioether (sulfide) groups is 2. The van der Waals surface area contributed by atoms with Crippen molar-refractivity contribution in [2.45, 2.75) is 63.7 Å². The van der Waals surface area contributed by atoms with Gasteiger partial charge < -0.3 is 31.9 Å². The summed E-state index contributed by atoms with van der Waals surface area (Å²) in [6.45, 7) is 3.71. The second-order valence-electron chi connectivity index (χ2n) is 9.19. The van der Waals surface area contributed by atoms with E-state index in [1.54, 1.807) is 23.9 Å². The van der Waals surface area contributed by atoms with E-state index in [1.165, 1.54) is 23.9 Å². The van der Waals surface area contributed by atoms with E-state index in [9.17, 15) is 29.4 Å². The first kappa shape index (κ1) is 32.6. The number of carboxylic acids is 1. The van der Waals surface area contributed by atoms with Gasteiger partial charge in [-0.1, -0.05) is 26.0 Å². The number of nitrogens with one attached hydrogen (secondary N) is 3. The molecular formula is C25H40N4O6S2. The molecule has 1 aromatic carbocycles. The Morgan fingerprint density at radius 3 is 1.89 bits per heavy atom. The molecule has 0 saturated heterocycles. The second-order valence-corrected chi connectivity index (χ2v) is 11.2. The maximum absolute atomic E-state index is 13.3. The lowest BCUT2D eigenvalue weighted by atomic mass is 10.0. The van der Waals surface area contributed by atoms with E-state index in [1.807, 2.05) is 26.4 Å². The van der Waals surface area contributed by atoms with Crippen molar-refractivity contribution >= 4 is 47.2 Å². The van der Waals surface area contributed by atoms with Crippen LogP contribution in [0, 0.1) is 5.92 Å². The van der Waals surface area contributed by atoms with Gasteiger partial charge in [-0.05, 0) is 66.9 Å². The van der Waals surface area contributed by atoms with Crippen LogP contribution in [0.5, 0.6) is 5.75 Å². The Morgan fingerprint density at radius 1 is 0.838 bits per heavy atom. The molecule has 0 radical (unpaired) electrons. The standard InChI is InChI=1S/C25H40N4O6S2/c1-15(2)13-21(25(34)35)29-23(32)19(10-12-37-4)27-24(33)20(14-16-5-7-17(30)8-6-16)28-22(31)18(26)9-11-36-3/h5-8,15,18-21,30H,9-14,26H2,1-4H3,(H,27,33)(H,28,31)(H,29,32)(H,34,35). The third-order valence-corrected chi connectivity index (χ3v) is 6.83. The highest BCUT2D eigenvalue weighted by Crippen LogP contribution is 2.13. The molecule has 1 rings (SSSR count). The maximum atomic E-state index is 13.3. The van der Waals surface area contributed by atoms with Gasteiger partial charge in [0, 0.05) is 6.42 Å². The van der Waals surface area contributed by atoms with E-state index in [2.05, 4.69) is 16.0 Å². The molecule has 0 bridgehead atoms. The van der Waals surface area contributed by atoms with Gasteiger partial charge in [-0.3, -0.25) is 14.4 Å². The Morgan fingerprint density at radius 2 is 1.35 bits per heavy atom. The molecule has 0 aliphatic rings. The van der Waals surface area contributed by atoms with Crippen LogP contribution in [0.3, 0.4) is 0 Å². The minimum absolute atomic E-state index is 0.0425. The molecule has 4 atom stereocenters. The van der Waals surface area contributed by atoms with E-state index in [4.69, 9.17) is 5.73 Å². The van der Waals surface area contributed by atoms with Gasteiger partial charge in [-0.15, -0.1) is 0 Å². The van der Waals surface area contributed by atoms with Crippen molar-refractivity contribution in [3.63, 3.8) is 0 Å². The van der Waals surface area contributed by atoms with Crippen LogP contribution in [-0.4, -0.2) is 82.1 Å². The summed E-state index contributed by atoms with van der Waals surface area (Å²) in [5.74, 6) is -1.47. The first-order valence-electron chi connectivity index (χ1n) is 12.1. The van der Waals surface area contributed by atoms with Gasteiger partial charge in [-0.2, -0.15) is 23.5 Å². The maximum Gasteiger partial charge on any atom is 0.326 e. The highest BCUT2D eigenvalue weighted by molar-refractivity contribution is 7.98. The molecule has 3 amide bonds. The zero-order valence-corrected chi connectivity index (χ0v) is 23.5. The van der Waals surface area contributed by atoms with Crippen LogP contribution in [0.1, 0.15) is 38.7 Å². The van der Waals surface area contributed by atoms with Crippen LogP contribution < -0.4 is 21.7 Å². The molecule has 0 fully saturated rings. The second kappa shape index (κ2) is 17.1. The van der Waals surface area contributed by atoms with Crippen molar-refractivity contribution in [3.8, 4) is 5.75 Å². The first-order valence-corrected chi connectivity index (χ1v) is 14.9. The smallest absolute Gasteiger partial charge is 0.326 e. The number of carboxylic acid groups (broad SMARTS) is 1. The summed E-state index contributed by atoms with van der Waals surface area (Å²) in [7, 11) is 0. The normalized spacial score (nSPS) is 14.3. The number of hydrogen-bond donors (Lipinski definition) is 6. The van der Waals surface area contributed by atoms with Crippen LogP contribution in [0.25, 0.3) is 0 Å². The molecule has 0 spiro atoms. The number of amides is 3. The Labute approximate surface area is 227 Å². The third kappa shape index (κ3) is 12.6. The average molecular weight is 557 g/mol. The number of phenolic OH excluding ortho intramolecular Hbond substituents is 1. The topological polar surface area (TPSA) is 171 Å². The molecule has 0 aromatic heterocycles. The zero-order valence-electron chi connectivity index (χ0n) is 21.9. The largest absolute Gasteiger partial charge is 0.508 e. The number of benzene rings is 1. The van der Waals surface area contributed by atoms with Crippen molar-refractivity contribution in [3.05, 3.63) is 29.8 Å². The number of aliphatic carboxylic acids is 1. The fraction of sp³-hybridized carbons (Fsp3) is 0.600. The van der Waals surface area contributed by atoms with E-state index < -0.39 is 47.9 Å². The number of rotatable bonds is 17. The van der Waals surface area contributed by atoms with Crippen molar-refractivity contribution in [2.24, 2.45) is 11.7 Å². The quantitative estimate of drug-likeness (QED) is 0.166. The monoisotopic (exact) mass is 556 g/mol. The van der Waals surface area contributed by atoms with Crippen LogP contribution >= 0.6 is 23.5 Å². The highest BCUT2D eigenvalue weighted by atomic mass is 32.2. The summed E-state index contributed by atoms with van der Waals surface area (Å²) < 4.78 is 0. The van der Waals surface area contributed by atoms with Gasteiger partial charge in [0.25, 0.3) is 0 Å². The molecule has 4 unspecified atom stereocenters. The molecule has 0 saturated carbocycles. The minimum Gasteiger partial charge on any atom is -0.508 e. The van der Waals surface area contributed by atoms with Crippen molar-refractivity contribution in [1.29, 1.82) is 0 Å². The van der Waals surface area contributed by atoms with Crippen LogP contribution in [0.15, 0.2) is 24.3 Å². The van der Waals surface area contributed by atoms with Gasteiger partial charge in [-0.25, -0.2) is 4.79 Å². The Balaban J connectivity index is 3.09. The zero-order chi connectivity index (χ0) is 28.0. The number of nitrogens with two attached hydrogens (primary N) is 1. The molecule has 0 aliphatic heterocycles. The summed E-state index contributed by atoms with van der Waals surface area (Å²) in [5.41, 5.74) is 6.67. The fourth-order valence-electron chi connectivity index (χ4n) is 3.47. The van der Waals surface area contributed by atoms with E-state index in [0.29, 0.717) is 23.5 Å². The minimum atomic E-state index is -1.14. The predicted octanol–water partition coefficient (Wildman–Crippen LogP) is 1.35. The van der Waals surface area contributed by atoms with Gasteiger partial charge in [0.1, 0.15) is 23.9 Å². The molecule has 208 valence electrons. The summed E-state index contributed by atoms with van der Waals surface area (Å²) in [6, 6.07) is 2.32. The van der Waals surface area contributed by atoms with E-state index in [0.717, 1.165) is 0 Å². The predicted molar refractivity (Wildman–Crippen MR) is 149 cm³/mol. The van der Waals surface area contributed by atoms with Crippen LogP contribution in [0.2, 0.25) is 0 Å². The summed E-state index contributed by atoms with van der Waals surface area (Å²) >= 11 is 3.04. The van der Waals surface area contributed by atoms with E-state index in [-0.39, 0.29) is 30.9 Å². The lowest BCUT2D eigenvalue weighted by molar-refractivity contribution is -0.142. The van der Waals surface area contributed by atoms with Crippen LogP contribution in [-0.2, 0) is 25.6 Å². The fourth-order valence-corrected chi connectivity index (χ4v) is 4.43. The number of aromatic hydroxyl groups is 1.